The van der Waals surface area contributed by atoms with E-state index in [1.807, 2.05) is 0 Å². The fourth-order valence-corrected chi connectivity index (χ4v) is 3.91. The van der Waals surface area contributed by atoms with Crippen molar-refractivity contribution < 1.29 is 17.6 Å². The number of nitrogens with one attached hydrogen (secondary N) is 2. The van der Waals surface area contributed by atoms with Gasteiger partial charge in [-0.25, -0.2) is 12.8 Å². The molecule has 1 heterocycles. The summed E-state index contributed by atoms with van der Waals surface area (Å²) in [5.74, 6) is -0.820. The highest BCUT2D eigenvalue weighted by molar-refractivity contribution is 7.93. The van der Waals surface area contributed by atoms with Crippen LogP contribution in [0.5, 0.6) is 0 Å². The predicted molar refractivity (Wildman–Crippen MR) is 88.4 cm³/mol. The van der Waals surface area contributed by atoms with Crippen LogP contribution in [-0.2, 0) is 14.8 Å². The van der Waals surface area contributed by atoms with E-state index in [4.69, 9.17) is 0 Å². The molecule has 1 atom stereocenters. The zero-order valence-corrected chi connectivity index (χ0v) is 13.7. The lowest BCUT2D eigenvalue weighted by atomic mass is 10.2. The summed E-state index contributed by atoms with van der Waals surface area (Å²) in [6.45, 7) is 5.79. The van der Waals surface area contributed by atoms with Gasteiger partial charge in [0, 0.05) is 18.8 Å². The molecular weight excluding hydrogens is 321 g/mol. The SMILES string of the molecule is C=CCNC(=O)C(C)Nc1ccc(F)c(N2CCCS2(=O)=O)c1. The molecule has 0 spiro atoms. The molecule has 0 aromatic heterocycles. The Morgan fingerprint density at radius 3 is 2.87 bits per heavy atom. The van der Waals surface area contributed by atoms with Crippen molar-refractivity contribution in [1.82, 2.24) is 5.32 Å². The molecule has 1 aliphatic heterocycles. The zero-order chi connectivity index (χ0) is 17.0. The van der Waals surface area contributed by atoms with E-state index in [1.54, 1.807) is 13.0 Å². The first-order chi connectivity index (χ1) is 10.8. The maximum atomic E-state index is 14.0. The van der Waals surface area contributed by atoms with E-state index in [0.29, 0.717) is 18.7 Å². The Kier molecular flexibility index (Phi) is 5.25. The Bertz CT molecular complexity index is 706. The van der Waals surface area contributed by atoms with Crippen LogP contribution in [0.1, 0.15) is 13.3 Å². The molecule has 0 radical (unpaired) electrons. The van der Waals surface area contributed by atoms with Crippen LogP contribution in [-0.4, -0.2) is 39.2 Å². The Hall–Kier alpha value is -2.09. The fraction of sp³-hybridized carbons (Fsp3) is 0.400. The van der Waals surface area contributed by atoms with Gasteiger partial charge in [-0.15, -0.1) is 6.58 Å². The lowest BCUT2D eigenvalue weighted by Gasteiger charge is -2.20. The molecule has 2 N–H and O–H groups in total. The Morgan fingerprint density at radius 2 is 2.26 bits per heavy atom. The second-order valence-corrected chi connectivity index (χ2v) is 7.32. The lowest BCUT2D eigenvalue weighted by Crippen LogP contribution is -2.37. The van der Waals surface area contributed by atoms with Crippen molar-refractivity contribution in [2.75, 3.05) is 28.5 Å². The average molecular weight is 341 g/mol. The van der Waals surface area contributed by atoms with E-state index < -0.39 is 21.9 Å². The number of amides is 1. The van der Waals surface area contributed by atoms with Crippen molar-refractivity contribution in [2.45, 2.75) is 19.4 Å². The summed E-state index contributed by atoms with van der Waals surface area (Å²) in [5.41, 5.74) is 0.482. The minimum atomic E-state index is -3.46. The van der Waals surface area contributed by atoms with Gasteiger partial charge in [0.05, 0.1) is 11.4 Å². The van der Waals surface area contributed by atoms with Gasteiger partial charge in [-0.05, 0) is 31.5 Å². The molecule has 1 aliphatic rings. The summed E-state index contributed by atoms with van der Waals surface area (Å²) in [7, 11) is -3.46. The standard InChI is InChI=1S/C15H20FN3O3S/c1-3-7-17-15(20)11(2)18-12-5-6-13(16)14(10-12)19-8-4-9-23(19,21)22/h3,5-6,10-11,18H,1,4,7-9H2,2H3,(H,17,20). The smallest absolute Gasteiger partial charge is 0.242 e. The number of hydrogen-bond acceptors (Lipinski definition) is 4. The second-order valence-electron chi connectivity index (χ2n) is 5.31. The highest BCUT2D eigenvalue weighted by atomic mass is 32.2. The van der Waals surface area contributed by atoms with Crippen LogP contribution in [0.15, 0.2) is 30.9 Å². The number of nitrogens with zero attached hydrogens (tertiary/aromatic N) is 1. The molecule has 1 saturated heterocycles. The number of anilines is 2. The molecule has 6 nitrogen and oxygen atoms in total. The number of benzene rings is 1. The van der Waals surface area contributed by atoms with E-state index in [1.165, 1.54) is 18.2 Å². The van der Waals surface area contributed by atoms with Gasteiger partial charge in [0.1, 0.15) is 11.9 Å². The highest BCUT2D eigenvalue weighted by Gasteiger charge is 2.30. The third-order valence-electron chi connectivity index (χ3n) is 3.51. The van der Waals surface area contributed by atoms with Crippen LogP contribution in [0.4, 0.5) is 15.8 Å². The van der Waals surface area contributed by atoms with Crippen molar-refractivity contribution in [3.63, 3.8) is 0 Å². The molecule has 1 amide bonds. The van der Waals surface area contributed by atoms with Gasteiger partial charge >= 0.3 is 0 Å². The van der Waals surface area contributed by atoms with Crippen LogP contribution in [0.25, 0.3) is 0 Å². The molecule has 2 rings (SSSR count). The average Bonchev–Trinajstić information content (AvgIpc) is 2.85. The molecule has 0 saturated carbocycles. The summed E-state index contributed by atoms with van der Waals surface area (Å²) in [5, 5.41) is 5.58. The number of carbonyl (C=O) groups is 1. The maximum absolute atomic E-state index is 14.0. The van der Waals surface area contributed by atoms with Gasteiger partial charge in [0.2, 0.25) is 15.9 Å². The first-order valence-electron chi connectivity index (χ1n) is 7.30. The van der Waals surface area contributed by atoms with Crippen molar-refractivity contribution >= 4 is 27.3 Å². The molecule has 126 valence electrons. The van der Waals surface area contributed by atoms with Gasteiger partial charge in [-0.3, -0.25) is 9.10 Å². The topological polar surface area (TPSA) is 78.5 Å². The monoisotopic (exact) mass is 341 g/mol. The molecule has 8 heteroatoms. The van der Waals surface area contributed by atoms with Gasteiger partial charge in [-0.1, -0.05) is 6.08 Å². The number of carbonyl (C=O) groups excluding carboxylic acids is 1. The fourth-order valence-electron chi connectivity index (χ4n) is 2.35. The Morgan fingerprint density at radius 1 is 1.52 bits per heavy atom. The van der Waals surface area contributed by atoms with Gasteiger partial charge in [-0.2, -0.15) is 0 Å². The van der Waals surface area contributed by atoms with Crippen LogP contribution in [0.3, 0.4) is 0 Å². The van der Waals surface area contributed by atoms with E-state index in [9.17, 15) is 17.6 Å². The van der Waals surface area contributed by atoms with E-state index in [0.717, 1.165) is 4.31 Å². The minimum Gasteiger partial charge on any atom is -0.374 e. The van der Waals surface area contributed by atoms with Crippen LogP contribution in [0, 0.1) is 5.82 Å². The van der Waals surface area contributed by atoms with Gasteiger partial charge < -0.3 is 10.6 Å². The van der Waals surface area contributed by atoms with E-state index >= 15 is 0 Å². The van der Waals surface area contributed by atoms with E-state index in [2.05, 4.69) is 17.2 Å². The molecule has 23 heavy (non-hydrogen) atoms. The summed E-state index contributed by atoms with van der Waals surface area (Å²) < 4.78 is 39.0. The van der Waals surface area contributed by atoms with Gasteiger partial charge in [0.15, 0.2) is 0 Å². The summed E-state index contributed by atoms with van der Waals surface area (Å²) in [6, 6.07) is 3.53. The normalized spacial score (nSPS) is 17.6. The summed E-state index contributed by atoms with van der Waals surface area (Å²) >= 11 is 0. The molecule has 0 bridgehead atoms. The highest BCUT2D eigenvalue weighted by Crippen LogP contribution is 2.29. The molecule has 1 unspecified atom stereocenters. The van der Waals surface area contributed by atoms with Crippen molar-refractivity contribution in [3.05, 3.63) is 36.7 Å². The number of sulfonamides is 1. The summed E-state index contributed by atoms with van der Waals surface area (Å²) in [6.07, 6.45) is 2.04. The number of hydrogen-bond donors (Lipinski definition) is 2. The summed E-state index contributed by atoms with van der Waals surface area (Å²) in [4.78, 5) is 11.8. The molecular formula is C15H20FN3O3S. The van der Waals surface area contributed by atoms with Crippen LogP contribution >= 0.6 is 0 Å². The first-order valence-corrected chi connectivity index (χ1v) is 8.91. The molecule has 0 aliphatic carbocycles. The zero-order valence-electron chi connectivity index (χ0n) is 12.9. The second kappa shape index (κ2) is 6.99. The molecule has 1 aromatic rings. The van der Waals surface area contributed by atoms with E-state index in [-0.39, 0.29) is 23.9 Å². The van der Waals surface area contributed by atoms with Crippen molar-refractivity contribution in [2.24, 2.45) is 0 Å². The Labute approximate surface area is 135 Å². The predicted octanol–water partition coefficient (Wildman–Crippen LogP) is 1.47. The molecule has 1 fully saturated rings. The quantitative estimate of drug-likeness (QED) is 0.768. The van der Waals surface area contributed by atoms with Gasteiger partial charge in [0.25, 0.3) is 0 Å². The third-order valence-corrected chi connectivity index (χ3v) is 5.37. The minimum absolute atomic E-state index is 0.00574. The largest absolute Gasteiger partial charge is 0.374 e. The van der Waals surface area contributed by atoms with Crippen LogP contribution in [0.2, 0.25) is 0 Å². The van der Waals surface area contributed by atoms with Crippen molar-refractivity contribution in [1.29, 1.82) is 0 Å². The lowest BCUT2D eigenvalue weighted by molar-refractivity contribution is -0.121. The third kappa shape index (κ3) is 4.01. The molecule has 1 aromatic carbocycles. The number of rotatable bonds is 6. The van der Waals surface area contributed by atoms with Crippen LogP contribution < -0.4 is 14.9 Å². The first kappa shape index (κ1) is 17.3. The Balaban J connectivity index is 2.17. The maximum Gasteiger partial charge on any atom is 0.242 e. The van der Waals surface area contributed by atoms with Crippen molar-refractivity contribution in [3.8, 4) is 0 Å². The number of halogens is 1.